The minimum Gasteiger partial charge on any atom is -0.497 e. The van der Waals surface area contributed by atoms with Crippen molar-refractivity contribution in [3.63, 3.8) is 0 Å². The van der Waals surface area contributed by atoms with Crippen LogP contribution in [0.1, 0.15) is 5.56 Å². The largest absolute Gasteiger partial charge is 0.497 e. The van der Waals surface area contributed by atoms with Gasteiger partial charge in [-0.25, -0.2) is 4.98 Å². The fraction of sp³-hybridized carbons (Fsp3) is 0.250. The highest BCUT2D eigenvalue weighted by atomic mass is 16.5. The van der Waals surface area contributed by atoms with Crippen molar-refractivity contribution in [1.82, 2.24) is 4.98 Å². The van der Waals surface area contributed by atoms with Crippen LogP contribution in [-0.2, 0) is 11.2 Å². The molecule has 0 aliphatic carbocycles. The van der Waals surface area contributed by atoms with E-state index >= 15 is 0 Å². The van der Waals surface area contributed by atoms with Crippen LogP contribution in [0.25, 0.3) is 0 Å². The molecule has 2 aromatic rings. The van der Waals surface area contributed by atoms with Gasteiger partial charge in [0, 0.05) is 11.6 Å². The summed E-state index contributed by atoms with van der Waals surface area (Å²) in [4.78, 5) is 16.2. The minimum atomic E-state index is -0.168. The maximum atomic E-state index is 12.1. The molecule has 2 rings (SSSR count). The van der Waals surface area contributed by atoms with Gasteiger partial charge < -0.3 is 19.5 Å². The smallest absolute Gasteiger partial charge is 0.228 e. The number of benzene rings is 1. The first kappa shape index (κ1) is 15.6. The number of carbonyl (C=O) groups is 1. The van der Waals surface area contributed by atoms with Gasteiger partial charge in [-0.2, -0.15) is 0 Å². The lowest BCUT2D eigenvalue weighted by atomic mass is 10.1. The molecule has 22 heavy (non-hydrogen) atoms. The number of anilines is 1. The van der Waals surface area contributed by atoms with Gasteiger partial charge in [-0.05, 0) is 24.3 Å². The predicted molar refractivity (Wildman–Crippen MR) is 82.7 cm³/mol. The molecule has 116 valence electrons. The SMILES string of the molecule is COc1ccc(OC)c(CC(=O)Nc2ccc(OC)nc2)c1. The first-order valence-electron chi connectivity index (χ1n) is 6.67. The highest BCUT2D eigenvalue weighted by molar-refractivity contribution is 5.92. The molecule has 0 aliphatic rings. The third kappa shape index (κ3) is 3.88. The third-order valence-electron chi connectivity index (χ3n) is 3.07. The van der Waals surface area contributed by atoms with Crippen molar-refractivity contribution in [3.05, 3.63) is 42.1 Å². The Hall–Kier alpha value is -2.76. The number of carbonyl (C=O) groups excluding carboxylic acids is 1. The van der Waals surface area contributed by atoms with Crippen LogP contribution in [0.15, 0.2) is 36.5 Å². The Bertz CT molecular complexity index is 641. The molecule has 6 heteroatoms. The van der Waals surface area contributed by atoms with Crippen molar-refractivity contribution in [2.24, 2.45) is 0 Å². The molecular formula is C16H18N2O4. The van der Waals surface area contributed by atoms with E-state index in [2.05, 4.69) is 10.3 Å². The predicted octanol–water partition coefficient (Wildman–Crippen LogP) is 2.29. The Labute approximate surface area is 129 Å². The summed E-state index contributed by atoms with van der Waals surface area (Å²) in [5.41, 5.74) is 1.36. The van der Waals surface area contributed by atoms with Crippen molar-refractivity contribution in [3.8, 4) is 17.4 Å². The molecule has 1 amide bonds. The molecule has 1 N–H and O–H groups in total. The normalized spacial score (nSPS) is 9.95. The maximum Gasteiger partial charge on any atom is 0.228 e. The third-order valence-corrected chi connectivity index (χ3v) is 3.07. The van der Waals surface area contributed by atoms with E-state index in [0.29, 0.717) is 23.1 Å². The highest BCUT2D eigenvalue weighted by Crippen LogP contribution is 2.24. The number of ether oxygens (including phenoxy) is 3. The van der Waals surface area contributed by atoms with Gasteiger partial charge in [0.15, 0.2) is 0 Å². The van der Waals surface area contributed by atoms with Crippen LogP contribution < -0.4 is 19.5 Å². The Balaban J connectivity index is 2.07. The van der Waals surface area contributed by atoms with Crippen LogP contribution >= 0.6 is 0 Å². The number of rotatable bonds is 6. The maximum absolute atomic E-state index is 12.1. The Morgan fingerprint density at radius 1 is 1.09 bits per heavy atom. The summed E-state index contributed by atoms with van der Waals surface area (Å²) in [6, 6.07) is 8.75. The molecule has 1 aromatic carbocycles. The summed E-state index contributed by atoms with van der Waals surface area (Å²) in [5.74, 6) is 1.64. The van der Waals surface area contributed by atoms with Crippen LogP contribution in [0.2, 0.25) is 0 Å². The lowest BCUT2D eigenvalue weighted by Crippen LogP contribution is -2.15. The van der Waals surface area contributed by atoms with Gasteiger partial charge in [-0.1, -0.05) is 0 Å². The summed E-state index contributed by atoms with van der Waals surface area (Å²) in [7, 11) is 4.68. The van der Waals surface area contributed by atoms with E-state index in [0.717, 1.165) is 5.56 Å². The minimum absolute atomic E-state index is 0.168. The Morgan fingerprint density at radius 3 is 2.50 bits per heavy atom. The lowest BCUT2D eigenvalue weighted by molar-refractivity contribution is -0.115. The van der Waals surface area contributed by atoms with E-state index in [1.807, 2.05) is 0 Å². The number of aromatic nitrogens is 1. The van der Waals surface area contributed by atoms with Crippen molar-refractivity contribution in [1.29, 1.82) is 0 Å². The van der Waals surface area contributed by atoms with Gasteiger partial charge >= 0.3 is 0 Å². The van der Waals surface area contributed by atoms with E-state index in [9.17, 15) is 4.79 Å². The van der Waals surface area contributed by atoms with Crippen molar-refractivity contribution in [2.75, 3.05) is 26.6 Å². The van der Waals surface area contributed by atoms with Crippen LogP contribution in [0, 0.1) is 0 Å². The van der Waals surface area contributed by atoms with Gasteiger partial charge in [0.1, 0.15) is 11.5 Å². The fourth-order valence-electron chi connectivity index (χ4n) is 1.97. The number of methoxy groups -OCH3 is 3. The topological polar surface area (TPSA) is 69.7 Å². The number of hydrogen-bond acceptors (Lipinski definition) is 5. The van der Waals surface area contributed by atoms with Crippen LogP contribution in [0.3, 0.4) is 0 Å². The second kappa shape index (κ2) is 7.31. The summed E-state index contributed by atoms with van der Waals surface area (Å²) in [6.45, 7) is 0. The zero-order valence-corrected chi connectivity index (χ0v) is 12.8. The second-order valence-corrected chi connectivity index (χ2v) is 4.49. The van der Waals surface area contributed by atoms with E-state index < -0.39 is 0 Å². The van der Waals surface area contributed by atoms with E-state index in [1.54, 1.807) is 50.7 Å². The molecule has 1 heterocycles. The summed E-state index contributed by atoms with van der Waals surface area (Å²) in [5, 5.41) is 2.78. The standard InChI is InChI=1S/C16H18N2O4/c1-20-13-5-6-14(21-2)11(8-13)9-15(19)18-12-4-7-16(22-3)17-10-12/h4-8,10H,9H2,1-3H3,(H,18,19). The van der Waals surface area contributed by atoms with Crippen molar-refractivity contribution < 1.29 is 19.0 Å². The van der Waals surface area contributed by atoms with E-state index in [1.165, 1.54) is 7.11 Å². The number of nitrogens with zero attached hydrogens (tertiary/aromatic N) is 1. The molecule has 0 aliphatic heterocycles. The molecule has 0 saturated carbocycles. The number of nitrogens with one attached hydrogen (secondary N) is 1. The van der Waals surface area contributed by atoms with Gasteiger partial charge in [0.05, 0.1) is 39.6 Å². The van der Waals surface area contributed by atoms with Gasteiger partial charge in [0.25, 0.3) is 0 Å². The molecule has 0 fully saturated rings. The second-order valence-electron chi connectivity index (χ2n) is 4.49. The van der Waals surface area contributed by atoms with Gasteiger partial charge in [0.2, 0.25) is 11.8 Å². The van der Waals surface area contributed by atoms with Crippen LogP contribution in [-0.4, -0.2) is 32.2 Å². The lowest BCUT2D eigenvalue weighted by Gasteiger charge is -2.11. The molecule has 1 aromatic heterocycles. The fourth-order valence-corrected chi connectivity index (χ4v) is 1.97. The van der Waals surface area contributed by atoms with Crippen LogP contribution in [0.5, 0.6) is 17.4 Å². The van der Waals surface area contributed by atoms with Crippen molar-refractivity contribution in [2.45, 2.75) is 6.42 Å². The van der Waals surface area contributed by atoms with Gasteiger partial charge in [-0.15, -0.1) is 0 Å². The summed E-state index contributed by atoms with van der Waals surface area (Å²) in [6.07, 6.45) is 1.71. The average Bonchev–Trinajstić information content (AvgIpc) is 2.55. The molecule has 0 saturated heterocycles. The number of pyridine rings is 1. The quantitative estimate of drug-likeness (QED) is 0.886. The Morgan fingerprint density at radius 2 is 1.91 bits per heavy atom. The molecule has 6 nitrogen and oxygen atoms in total. The molecular weight excluding hydrogens is 284 g/mol. The molecule has 0 atom stereocenters. The zero-order chi connectivity index (χ0) is 15.9. The monoisotopic (exact) mass is 302 g/mol. The first-order valence-corrected chi connectivity index (χ1v) is 6.67. The van der Waals surface area contributed by atoms with Gasteiger partial charge in [-0.3, -0.25) is 4.79 Å². The molecule has 0 bridgehead atoms. The van der Waals surface area contributed by atoms with E-state index in [-0.39, 0.29) is 12.3 Å². The molecule has 0 spiro atoms. The highest BCUT2D eigenvalue weighted by Gasteiger charge is 2.11. The van der Waals surface area contributed by atoms with E-state index in [4.69, 9.17) is 14.2 Å². The number of amides is 1. The number of hydrogen-bond donors (Lipinski definition) is 1. The zero-order valence-electron chi connectivity index (χ0n) is 12.8. The average molecular weight is 302 g/mol. The molecule has 0 radical (unpaired) electrons. The van der Waals surface area contributed by atoms with Crippen LogP contribution in [0.4, 0.5) is 5.69 Å². The van der Waals surface area contributed by atoms with Crippen molar-refractivity contribution >= 4 is 11.6 Å². The summed E-state index contributed by atoms with van der Waals surface area (Å²) < 4.78 is 15.4. The Kier molecular flexibility index (Phi) is 5.19. The summed E-state index contributed by atoms with van der Waals surface area (Å²) >= 11 is 0. The molecule has 0 unspecified atom stereocenters. The first-order chi connectivity index (χ1) is 10.7.